The molecule has 102 valence electrons. The van der Waals surface area contributed by atoms with E-state index in [4.69, 9.17) is 11.6 Å². The summed E-state index contributed by atoms with van der Waals surface area (Å²) in [5.41, 5.74) is 2.85. The monoisotopic (exact) mass is 286 g/mol. The van der Waals surface area contributed by atoms with Crippen molar-refractivity contribution in [3.8, 4) is 5.75 Å². The molecule has 1 aliphatic carbocycles. The maximum Gasteiger partial charge on any atom is 0.166 e. The average molecular weight is 287 g/mol. The molecule has 0 spiro atoms. The van der Waals surface area contributed by atoms with Crippen molar-refractivity contribution < 1.29 is 9.90 Å². The van der Waals surface area contributed by atoms with Gasteiger partial charge in [0.05, 0.1) is 0 Å². The van der Waals surface area contributed by atoms with Crippen LogP contribution < -0.4 is 0 Å². The predicted octanol–water partition coefficient (Wildman–Crippen LogP) is 4.03. The van der Waals surface area contributed by atoms with Crippen molar-refractivity contribution in [2.75, 3.05) is 0 Å². The molecular formula is C17H15ClO2. The van der Waals surface area contributed by atoms with Crippen LogP contribution >= 0.6 is 11.6 Å². The van der Waals surface area contributed by atoms with Crippen molar-refractivity contribution in [2.45, 2.75) is 19.3 Å². The number of aryl methyl sites for hydroxylation is 1. The minimum Gasteiger partial charge on any atom is -0.508 e. The van der Waals surface area contributed by atoms with Crippen molar-refractivity contribution in [1.82, 2.24) is 0 Å². The van der Waals surface area contributed by atoms with E-state index in [1.54, 1.807) is 18.2 Å². The highest BCUT2D eigenvalue weighted by Crippen LogP contribution is 2.30. The molecule has 3 heteroatoms. The lowest BCUT2D eigenvalue weighted by Gasteiger charge is -2.23. The molecule has 0 amide bonds. The second kappa shape index (κ2) is 5.29. The molecule has 3 rings (SSSR count). The highest BCUT2D eigenvalue weighted by Gasteiger charge is 2.27. The Kier molecular flexibility index (Phi) is 3.49. The van der Waals surface area contributed by atoms with Gasteiger partial charge in [-0.1, -0.05) is 23.7 Å². The Morgan fingerprint density at radius 3 is 2.65 bits per heavy atom. The summed E-state index contributed by atoms with van der Waals surface area (Å²) in [6.07, 6.45) is 2.42. The minimum atomic E-state index is 0.0215. The summed E-state index contributed by atoms with van der Waals surface area (Å²) >= 11 is 5.87. The Morgan fingerprint density at radius 2 is 1.90 bits per heavy atom. The summed E-state index contributed by atoms with van der Waals surface area (Å²) < 4.78 is 0. The number of phenols is 1. The fraction of sp³-hybridized carbons (Fsp3) is 0.235. The predicted molar refractivity (Wildman–Crippen MR) is 79.4 cm³/mol. The quantitative estimate of drug-likeness (QED) is 0.905. The molecule has 1 N–H and O–H groups in total. The van der Waals surface area contributed by atoms with Crippen molar-refractivity contribution >= 4 is 17.4 Å². The van der Waals surface area contributed by atoms with E-state index in [2.05, 4.69) is 0 Å². The molecule has 0 heterocycles. The standard InChI is InChI=1S/C17H15ClO2/c18-14-5-1-11(2-6-14)9-13-4-3-12-10-15(19)7-8-16(12)17(13)20/h1-2,5-8,10,13,19H,3-4,9H2. The molecule has 2 aromatic carbocycles. The lowest BCUT2D eigenvalue weighted by Crippen LogP contribution is -2.24. The number of ketones is 1. The number of benzene rings is 2. The molecule has 0 aromatic heterocycles. The smallest absolute Gasteiger partial charge is 0.166 e. The molecule has 20 heavy (non-hydrogen) atoms. The van der Waals surface area contributed by atoms with E-state index in [0.29, 0.717) is 5.02 Å². The van der Waals surface area contributed by atoms with Crippen LogP contribution in [0.2, 0.25) is 5.02 Å². The van der Waals surface area contributed by atoms with Gasteiger partial charge < -0.3 is 5.11 Å². The fourth-order valence-electron chi connectivity index (χ4n) is 2.81. The van der Waals surface area contributed by atoms with Crippen molar-refractivity contribution in [3.63, 3.8) is 0 Å². The zero-order chi connectivity index (χ0) is 14.1. The number of carbonyl (C=O) groups excluding carboxylic acids is 1. The Bertz CT molecular complexity index is 647. The fourth-order valence-corrected chi connectivity index (χ4v) is 2.93. The minimum absolute atomic E-state index is 0.0215. The zero-order valence-corrected chi connectivity index (χ0v) is 11.7. The van der Waals surface area contributed by atoms with Crippen LogP contribution in [0.4, 0.5) is 0 Å². The van der Waals surface area contributed by atoms with Crippen molar-refractivity contribution in [1.29, 1.82) is 0 Å². The van der Waals surface area contributed by atoms with Gasteiger partial charge in [0, 0.05) is 16.5 Å². The number of halogens is 1. The molecular weight excluding hydrogens is 272 g/mol. The number of phenolic OH excluding ortho intramolecular Hbond substituents is 1. The number of rotatable bonds is 2. The molecule has 0 saturated carbocycles. The Balaban J connectivity index is 1.81. The molecule has 0 fully saturated rings. The second-order valence-corrected chi connectivity index (χ2v) is 5.71. The maximum atomic E-state index is 12.5. The zero-order valence-electron chi connectivity index (χ0n) is 11.0. The lowest BCUT2D eigenvalue weighted by atomic mass is 9.80. The summed E-state index contributed by atoms with van der Waals surface area (Å²) in [5.74, 6) is 0.433. The summed E-state index contributed by atoms with van der Waals surface area (Å²) in [6.45, 7) is 0. The Labute approximate surface area is 123 Å². The van der Waals surface area contributed by atoms with Crippen molar-refractivity contribution in [2.24, 2.45) is 5.92 Å². The maximum absolute atomic E-state index is 12.5. The van der Waals surface area contributed by atoms with Crippen LogP contribution in [0.3, 0.4) is 0 Å². The molecule has 0 bridgehead atoms. The van der Waals surface area contributed by atoms with Crippen LogP contribution in [0, 0.1) is 5.92 Å². The molecule has 2 aromatic rings. The van der Waals surface area contributed by atoms with Crippen molar-refractivity contribution in [3.05, 3.63) is 64.2 Å². The van der Waals surface area contributed by atoms with Gasteiger partial charge in [-0.05, 0) is 60.7 Å². The van der Waals surface area contributed by atoms with Crippen LogP contribution in [-0.4, -0.2) is 10.9 Å². The van der Waals surface area contributed by atoms with E-state index in [9.17, 15) is 9.90 Å². The van der Waals surface area contributed by atoms with Crippen LogP contribution in [0.1, 0.15) is 27.9 Å². The average Bonchev–Trinajstić information content (AvgIpc) is 2.44. The Morgan fingerprint density at radius 1 is 1.15 bits per heavy atom. The van der Waals surface area contributed by atoms with E-state index in [1.165, 1.54) is 0 Å². The largest absolute Gasteiger partial charge is 0.508 e. The molecule has 1 unspecified atom stereocenters. The van der Waals surface area contributed by atoms with Gasteiger partial charge in [-0.3, -0.25) is 4.79 Å². The van der Waals surface area contributed by atoms with Gasteiger partial charge in [-0.15, -0.1) is 0 Å². The number of carbonyl (C=O) groups is 1. The highest BCUT2D eigenvalue weighted by molar-refractivity contribution is 6.30. The summed E-state index contributed by atoms with van der Waals surface area (Å²) in [7, 11) is 0. The van der Waals surface area contributed by atoms with E-state index in [-0.39, 0.29) is 17.5 Å². The van der Waals surface area contributed by atoms with Crippen LogP contribution in [0.25, 0.3) is 0 Å². The normalized spacial score (nSPS) is 17.9. The van der Waals surface area contributed by atoms with Gasteiger partial charge >= 0.3 is 0 Å². The van der Waals surface area contributed by atoms with E-state index >= 15 is 0 Å². The van der Waals surface area contributed by atoms with Gasteiger partial charge in [0.25, 0.3) is 0 Å². The molecule has 1 atom stereocenters. The first-order chi connectivity index (χ1) is 9.63. The number of fused-ring (bicyclic) bond motifs is 1. The van der Waals surface area contributed by atoms with E-state index in [1.807, 2.05) is 24.3 Å². The molecule has 1 aliphatic rings. The first kappa shape index (κ1) is 13.2. The van der Waals surface area contributed by atoms with Gasteiger partial charge in [0.1, 0.15) is 5.75 Å². The van der Waals surface area contributed by atoms with Crippen LogP contribution in [-0.2, 0) is 12.8 Å². The van der Waals surface area contributed by atoms with Gasteiger partial charge in [0.2, 0.25) is 0 Å². The van der Waals surface area contributed by atoms with Gasteiger partial charge in [-0.2, -0.15) is 0 Å². The molecule has 0 aliphatic heterocycles. The van der Waals surface area contributed by atoms with Gasteiger partial charge in [-0.25, -0.2) is 0 Å². The topological polar surface area (TPSA) is 37.3 Å². The molecule has 0 saturated heterocycles. The molecule has 2 nitrogen and oxygen atoms in total. The van der Waals surface area contributed by atoms with E-state index < -0.39 is 0 Å². The number of aromatic hydroxyl groups is 1. The number of hydrogen-bond donors (Lipinski definition) is 1. The second-order valence-electron chi connectivity index (χ2n) is 5.27. The number of hydrogen-bond acceptors (Lipinski definition) is 2. The first-order valence-corrected chi connectivity index (χ1v) is 7.12. The van der Waals surface area contributed by atoms with Gasteiger partial charge in [0.15, 0.2) is 5.78 Å². The van der Waals surface area contributed by atoms with Crippen LogP contribution in [0.15, 0.2) is 42.5 Å². The SMILES string of the molecule is O=C1c2ccc(O)cc2CCC1Cc1ccc(Cl)cc1. The summed E-state index contributed by atoms with van der Waals surface area (Å²) in [6, 6.07) is 12.7. The summed E-state index contributed by atoms with van der Waals surface area (Å²) in [5, 5.41) is 10.2. The third-order valence-electron chi connectivity index (χ3n) is 3.88. The third kappa shape index (κ3) is 2.56. The molecule has 0 radical (unpaired) electrons. The Hall–Kier alpha value is -1.80. The number of Topliss-reactive ketones (excluding diaryl/α,β-unsaturated/α-hetero) is 1. The first-order valence-electron chi connectivity index (χ1n) is 6.74. The third-order valence-corrected chi connectivity index (χ3v) is 4.13. The lowest BCUT2D eigenvalue weighted by molar-refractivity contribution is 0.0901. The van der Waals surface area contributed by atoms with Crippen LogP contribution in [0.5, 0.6) is 5.75 Å². The van der Waals surface area contributed by atoms with E-state index in [0.717, 1.165) is 36.0 Å². The summed E-state index contributed by atoms with van der Waals surface area (Å²) in [4.78, 5) is 12.5. The highest BCUT2D eigenvalue weighted by atomic mass is 35.5.